The number of amides is 3. The fourth-order valence-electron chi connectivity index (χ4n) is 5.00. The zero-order valence-electron chi connectivity index (χ0n) is 21.4. The van der Waals surface area contributed by atoms with E-state index in [1.807, 2.05) is 35.4 Å². The number of carbonyl (C=O) groups is 4. The van der Waals surface area contributed by atoms with Crippen LogP contribution in [-0.4, -0.2) is 71.4 Å². The van der Waals surface area contributed by atoms with Crippen LogP contribution in [0.25, 0.3) is 0 Å². The molecule has 3 N–H and O–H groups in total. The lowest BCUT2D eigenvalue weighted by Crippen LogP contribution is -2.52. The van der Waals surface area contributed by atoms with Gasteiger partial charge in [-0.25, -0.2) is 4.79 Å². The number of fused-ring (bicyclic) bond motifs is 9. The van der Waals surface area contributed by atoms with Gasteiger partial charge < -0.3 is 25.4 Å². The highest BCUT2D eigenvalue weighted by Gasteiger charge is 2.42. The van der Waals surface area contributed by atoms with Gasteiger partial charge in [0.15, 0.2) is 0 Å². The molecule has 2 aromatic carbocycles. The molecule has 3 heterocycles. The summed E-state index contributed by atoms with van der Waals surface area (Å²) in [4.78, 5) is 52.1. The maximum atomic E-state index is 13.6. The number of carboxylic acid groups (broad SMARTS) is 1. The summed E-state index contributed by atoms with van der Waals surface area (Å²) < 4.78 is 6.04. The van der Waals surface area contributed by atoms with E-state index < -0.39 is 23.3 Å². The average Bonchev–Trinajstić information content (AvgIpc) is 2.89. The number of thioether (sulfide) groups is 1. The average molecular weight is 540 g/mol. The van der Waals surface area contributed by atoms with Gasteiger partial charge in [0.2, 0.25) is 17.7 Å². The molecule has 0 unspecified atom stereocenters. The monoisotopic (exact) mass is 539 g/mol. The SMILES string of the molecule is CSCC(=O)N1CCC2(CC1)Cc1cccc(c1)Oc1ccc(cc1)C[C@@H](C(=O)O)NC(=O)CCNC2=O. The number of aliphatic carboxylic acids is 1. The summed E-state index contributed by atoms with van der Waals surface area (Å²) in [6.45, 7) is 1.05. The Balaban J connectivity index is 1.61. The quantitative estimate of drug-likeness (QED) is 0.548. The normalized spacial score (nSPS) is 20.0. The van der Waals surface area contributed by atoms with E-state index in [-0.39, 0.29) is 31.2 Å². The zero-order valence-corrected chi connectivity index (χ0v) is 22.2. The molecule has 3 amide bonds. The fraction of sp³-hybridized carbons (Fsp3) is 0.429. The van der Waals surface area contributed by atoms with Gasteiger partial charge in [-0.15, -0.1) is 0 Å². The van der Waals surface area contributed by atoms with E-state index >= 15 is 0 Å². The third-order valence-corrected chi connectivity index (χ3v) is 7.67. The summed E-state index contributed by atoms with van der Waals surface area (Å²) >= 11 is 1.48. The summed E-state index contributed by atoms with van der Waals surface area (Å²) in [6, 6.07) is 13.6. The van der Waals surface area contributed by atoms with Crippen LogP contribution in [0.4, 0.5) is 0 Å². The molecule has 1 fully saturated rings. The first kappa shape index (κ1) is 27.5. The van der Waals surface area contributed by atoms with Gasteiger partial charge in [0, 0.05) is 32.5 Å². The number of ether oxygens (including phenoxy) is 1. The number of carboxylic acids is 1. The van der Waals surface area contributed by atoms with E-state index in [0.717, 1.165) is 11.1 Å². The lowest BCUT2D eigenvalue weighted by Gasteiger charge is -2.41. The second kappa shape index (κ2) is 12.3. The smallest absolute Gasteiger partial charge is 0.326 e. The summed E-state index contributed by atoms with van der Waals surface area (Å²) in [5.74, 6) is -0.0374. The van der Waals surface area contributed by atoms with E-state index in [1.165, 1.54) is 11.8 Å². The number of piperidine rings is 1. The summed E-state index contributed by atoms with van der Waals surface area (Å²) in [7, 11) is 0. The van der Waals surface area contributed by atoms with Crippen molar-refractivity contribution in [3.63, 3.8) is 0 Å². The molecule has 1 atom stereocenters. The van der Waals surface area contributed by atoms with Crippen LogP contribution in [0.2, 0.25) is 0 Å². The molecule has 38 heavy (non-hydrogen) atoms. The Morgan fingerprint density at radius 3 is 2.50 bits per heavy atom. The van der Waals surface area contributed by atoms with E-state index in [0.29, 0.717) is 49.6 Å². The van der Waals surface area contributed by atoms with Crippen molar-refractivity contribution >= 4 is 35.5 Å². The van der Waals surface area contributed by atoms with Gasteiger partial charge in [-0.05, 0) is 60.9 Å². The molecule has 1 saturated heterocycles. The van der Waals surface area contributed by atoms with Gasteiger partial charge in [-0.3, -0.25) is 14.4 Å². The van der Waals surface area contributed by atoms with Crippen LogP contribution in [0.5, 0.6) is 11.5 Å². The van der Waals surface area contributed by atoms with Crippen LogP contribution < -0.4 is 15.4 Å². The van der Waals surface area contributed by atoms with Crippen molar-refractivity contribution in [3.8, 4) is 11.5 Å². The van der Waals surface area contributed by atoms with Crippen LogP contribution in [0.3, 0.4) is 0 Å². The van der Waals surface area contributed by atoms with E-state index in [1.54, 1.807) is 24.3 Å². The van der Waals surface area contributed by atoms with Gasteiger partial charge in [0.1, 0.15) is 17.5 Å². The van der Waals surface area contributed by atoms with Crippen molar-refractivity contribution in [2.75, 3.05) is 31.6 Å². The van der Waals surface area contributed by atoms with Crippen LogP contribution in [0, 0.1) is 5.41 Å². The van der Waals surface area contributed by atoms with Crippen LogP contribution >= 0.6 is 11.8 Å². The molecule has 202 valence electrons. The van der Waals surface area contributed by atoms with Crippen molar-refractivity contribution in [3.05, 3.63) is 59.7 Å². The second-order valence-electron chi connectivity index (χ2n) is 9.83. The van der Waals surface area contributed by atoms with Crippen molar-refractivity contribution in [1.82, 2.24) is 15.5 Å². The summed E-state index contributed by atoms with van der Waals surface area (Å²) in [5, 5.41) is 15.1. The third kappa shape index (κ3) is 6.86. The van der Waals surface area contributed by atoms with Crippen molar-refractivity contribution in [1.29, 1.82) is 0 Å². The van der Waals surface area contributed by atoms with Gasteiger partial charge >= 0.3 is 5.97 Å². The topological polar surface area (TPSA) is 125 Å². The second-order valence-corrected chi connectivity index (χ2v) is 10.7. The highest BCUT2D eigenvalue weighted by atomic mass is 32.2. The third-order valence-electron chi connectivity index (χ3n) is 7.13. The lowest BCUT2D eigenvalue weighted by molar-refractivity contribution is -0.142. The molecular weight excluding hydrogens is 506 g/mol. The maximum absolute atomic E-state index is 13.6. The molecule has 0 saturated carbocycles. The Hall–Kier alpha value is -3.53. The number of nitrogens with one attached hydrogen (secondary N) is 2. The first-order valence-electron chi connectivity index (χ1n) is 12.7. The number of hydrogen-bond acceptors (Lipinski definition) is 6. The molecule has 2 aromatic rings. The molecule has 3 aliphatic heterocycles. The number of benzene rings is 2. The van der Waals surface area contributed by atoms with Gasteiger partial charge in [-0.1, -0.05) is 24.3 Å². The molecular formula is C28H33N3O6S. The predicted molar refractivity (Wildman–Crippen MR) is 144 cm³/mol. The minimum Gasteiger partial charge on any atom is -0.480 e. The summed E-state index contributed by atoms with van der Waals surface area (Å²) in [5.41, 5.74) is 0.945. The number of carbonyl (C=O) groups excluding carboxylic acids is 3. The van der Waals surface area contributed by atoms with E-state index in [9.17, 15) is 24.3 Å². The minimum absolute atomic E-state index is 0.0355. The molecule has 0 aromatic heterocycles. The predicted octanol–water partition coefficient (Wildman–Crippen LogP) is 2.62. The molecule has 0 aliphatic carbocycles. The standard InChI is InChI=1S/C28H33N3O6S/c1-38-18-25(33)31-13-10-28(11-14-31)17-20-3-2-4-22(15-20)37-21-7-5-19(6-8-21)16-23(26(34)35)30-24(32)9-12-29-27(28)36/h2-8,15,23H,9-14,16-18H2,1H3,(H,29,36)(H,30,32)(H,34,35)/t23-/m0/s1. The first-order valence-corrected chi connectivity index (χ1v) is 14.1. The Labute approximate surface area is 226 Å². The molecule has 3 aliphatic rings. The Kier molecular flexibility index (Phi) is 8.93. The molecule has 5 rings (SSSR count). The van der Waals surface area contributed by atoms with E-state index in [2.05, 4.69) is 10.6 Å². The highest BCUT2D eigenvalue weighted by molar-refractivity contribution is 7.99. The number of hydrogen-bond donors (Lipinski definition) is 3. The number of nitrogens with zero attached hydrogens (tertiary/aromatic N) is 1. The van der Waals surface area contributed by atoms with E-state index in [4.69, 9.17) is 4.74 Å². The molecule has 0 radical (unpaired) electrons. The van der Waals surface area contributed by atoms with Crippen molar-refractivity contribution in [2.24, 2.45) is 5.41 Å². The van der Waals surface area contributed by atoms with Crippen LogP contribution in [0.15, 0.2) is 48.5 Å². The van der Waals surface area contributed by atoms with Crippen molar-refractivity contribution in [2.45, 2.75) is 38.1 Å². The van der Waals surface area contributed by atoms with Crippen molar-refractivity contribution < 1.29 is 29.0 Å². The molecule has 1 spiro atoms. The van der Waals surface area contributed by atoms with Gasteiger partial charge in [0.25, 0.3) is 0 Å². The lowest BCUT2D eigenvalue weighted by atomic mass is 9.73. The molecule has 4 bridgehead atoms. The Bertz CT molecular complexity index is 1180. The molecule has 9 nitrogen and oxygen atoms in total. The number of likely N-dealkylation sites (tertiary alicyclic amines) is 1. The van der Waals surface area contributed by atoms with Crippen LogP contribution in [-0.2, 0) is 32.0 Å². The zero-order chi connectivity index (χ0) is 27.1. The minimum atomic E-state index is -1.13. The summed E-state index contributed by atoms with van der Waals surface area (Å²) in [6.07, 6.45) is 3.44. The fourth-order valence-corrected chi connectivity index (χ4v) is 5.43. The number of rotatable bonds is 3. The maximum Gasteiger partial charge on any atom is 0.326 e. The Morgan fingerprint density at radius 2 is 1.82 bits per heavy atom. The Morgan fingerprint density at radius 1 is 1.08 bits per heavy atom. The first-order chi connectivity index (χ1) is 18.3. The van der Waals surface area contributed by atoms with Gasteiger partial charge in [-0.2, -0.15) is 11.8 Å². The largest absolute Gasteiger partial charge is 0.480 e. The molecule has 10 heteroatoms. The highest BCUT2D eigenvalue weighted by Crippen LogP contribution is 2.37. The van der Waals surface area contributed by atoms with Gasteiger partial charge in [0.05, 0.1) is 11.2 Å². The van der Waals surface area contributed by atoms with Crippen LogP contribution in [0.1, 0.15) is 30.4 Å².